The van der Waals surface area contributed by atoms with Crippen molar-refractivity contribution in [3.63, 3.8) is 0 Å². The van der Waals surface area contributed by atoms with Crippen molar-refractivity contribution in [1.82, 2.24) is 10.3 Å². The number of carbonyl (C=O) groups is 1. The smallest absolute Gasteiger partial charge is 0.251 e. The first-order valence-electron chi connectivity index (χ1n) is 12.8. The summed E-state index contributed by atoms with van der Waals surface area (Å²) in [7, 11) is 3.75. The van der Waals surface area contributed by atoms with Crippen LogP contribution in [0.15, 0.2) is 36.2 Å². The van der Waals surface area contributed by atoms with Gasteiger partial charge in [-0.15, -0.1) is 11.6 Å². The van der Waals surface area contributed by atoms with E-state index in [4.69, 9.17) is 11.6 Å². The molecule has 0 saturated heterocycles. The Labute approximate surface area is 208 Å². The predicted octanol–water partition coefficient (Wildman–Crippen LogP) is 4.27. The van der Waals surface area contributed by atoms with E-state index in [0.717, 1.165) is 44.1 Å². The van der Waals surface area contributed by atoms with Crippen LogP contribution < -0.4 is 10.6 Å². The summed E-state index contributed by atoms with van der Waals surface area (Å²) in [6.45, 7) is 2.13. The van der Waals surface area contributed by atoms with Crippen molar-refractivity contribution >= 4 is 23.2 Å². The molecule has 6 unspecified atom stereocenters. The van der Waals surface area contributed by atoms with Gasteiger partial charge in [-0.3, -0.25) is 9.78 Å². The number of allylic oxidation sites excluding steroid dienone is 1. The van der Waals surface area contributed by atoms with Crippen molar-refractivity contribution in [3.8, 4) is 0 Å². The molecule has 6 nitrogen and oxygen atoms in total. The van der Waals surface area contributed by atoms with Gasteiger partial charge in [0.25, 0.3) is 5.91 Å². The fourth-order valence-electron chi connectivity index (χ4n) is 7.35. The van der Waals surface area contributed by atoms with E-state index < -0.39 is 15.9 Å². The molecule has 4 aliphatic carbocycles. The second kappa shape index (κ2) is 9.88. The minimum atomic E-state index is -1.00. The zero-order chi connectivity index (χ0) is 24.6. The van der Waals surface area contributed by atoms with E-state index in [0.29, 0.717) is 36.8 Å². The van der Waals surface area contributed by atoms with Gasteiger partial charge in [0.05, 0.1) is 28.5 Å². The van der Waals surface area contributed by atoms with Gasteiger partial charge in [-0.05, 0) is 95.9 Å². The van der Waals surface area contributed by atoms with Crippen LogP contribution in [-0.2, 0) is 4.79 Å². The summed E-state index contributed by atoms with van der Waals surface area (Å²) in [5.41, 5.74) is 0.0508. The standard InChI is InChI=1S/C25H33ClN2O3.C2H7N/c1-23-10-11-24(26)14-17-13-19(29)5-4-16(17)8-9-25(24,31)21(23)7-6-20(23)22(30)28-18-3-2-12-27-15-18;1-3-2/h2-3,6,12,15-17,19,21,29,31H,4-5,7-11,13-14H2,1H3,(H,28,30);3H,1-2H3/t16?,17?,19?,21?,23?,24?,25-;/m0./s1. The third kappa shape index (κ3) is 4.43. The molecule has 7 heteroatoms. The minimum absolute atomic E-state index is 0.0639. The number of aromatic nitrogens is 1. The highest BCUT2D eigenvalue weighted by atomic mass is 35.5. The third-order valence-electron chi connectivity index (χ3n) is 9.09. The largest absolute Gasteiger partial charge is 0.393 e. The van der Waals surface area contributed by atoms with Gasteiger partial charge in [0, 0.05) is 23.1 Å². The van der Waals surface area contributed by atoms with Gasteiger partial charge < -0.3 is 20.8 Å². The Kier molecular flexibility index (Phi) is 7.45. The van der Waals surface area contributed by atoms with Gasteiger partial charge in [-0.1, -0.05) is 13.0 Å². The number of pyridine rings is 1. The number of nitrogens with one attached hydrogen (secondary N) is 2. The molecule has 34 heavy (non-hydrogen) atoms. The molecule has 3 fully saturated rings. The van der Waals surface area contributed by atoms with E-state index in [-0.39, 0.29) is 17.9 Å². The molecule has 1 heterocycles. The second-order valence-corrected chi connectivity index (χ2v) is 11.9. The molecular formula is C27H40ClN3O3. The van der Waals surface area contributed by atoms with Gasteiger partial charge >= 0.3 is 0 Å². The van der Waals surface area contributed by atoms with Gasteiger partial charge in [0.1, 0.15) is 0 Å². The van der Waals surface area contributed by atoms with Crippen LogP contribution in [0.25, 0.3) is 0 Å². The second-order valence-electron chi connectivity index (χ2n) is 11.1. The Bertz CT molecular complexity index is 912. The molecule has 0 aliphatic heterocycles. The predicted molar refractivity (Wildman–Crippen MR) is 136 cm³/mol. The highest BCUT2D eigenvalue weighted by molar-refractivity contribution is 6.25. The number of amides is 1. The lowest BCUT2D eigenvalue weighted by Crippen LogP contribution is -2.62. The summed E-state index contributed by atoms with van der Waals surface area (Å²) in [6, 6.07) is 3.64. The number of anilines is 1. The Morgan fingerprint density at radius 3 is 2.65 bits per heavy atom. The van der Waals surface area contributed by atoms with Crippen LogP contribution in [0.1, 0.15) is 64.7 Å². The number of halogens is 1. The van der Waals surface area contributed by atoms with Crippen molar-refractivity contribution < 1.29 is 15.0 Å². The summed E-state index contributed by atoms with van der Waals surface area (Å²) in [5.74, 6) is 0.741. The quantitative estimate of drug-likeness (QED) is 0.465. The topological polar surface area (TPSA) is 94.5 Å². The molecule has 1 aromatic rings. The van der Waals surface area contributed by atoms with Crippen LogP contribution >= 0.6 is 11.6 Å². The molecule has 0 aromatic carbocycles. The Balaban J connectivity index is 0.000000868. The SMILES string of the molecule is CC12CCC3(Cl)CC4CC(O)CCC4CC[C@]3(O)C1CC=C2C(=O)Nc1cccnc1.CNC. The van der Waals surface area contributed by atoms with E-state index in [2.05, 4.69) is 22.5 Å². The average molecular weight is 490 g/mol. The number of carbonyl (C=O) groups excluding carboxylic acids is 1. The molecule has 0 spiro atoms. The van der Waals surface area contributed by atoms with E-state index in [9.17, 15) is 15.0 Å². The lowest BCUT2D eigenvalue weighted by molar-refractivity contribution is -0.129. The number of nitrogens with zero attached hydrogens (tertiary/aromatic N) is 1. The third-order valence-corrected chi connectivity index (χ3v) is 9.76. The van der Waals surface area contributed by atoms with Gasteiger partial charge in [0.15, 0.2) is 0 Å². The van der Waals surface area contributed by atoms with Crippen LogP contribution in [-0.4, -0.2) is 51.8 Å². The van der Waals surface area contributed by atoms with Crippen LogP contribution in [0.5, 0.6) is 0 Å². The number of hydrogen-bond donors (Lipinski definition) is 4. The van der Waals surface area contributed by atoms with E-state index in [1.54, 1.807) is 18.5 Å². The zero-order valence-electron chi connectivity index (χ0n) is 20.7. The summed E-state index contributed by atoms with van der Waals surface area (Å²) in [4.78, 5) is 16.6. The summed E-state index contributed by atoms with van der Waals surface area (Å²) >= 11 is 7.31. The first kappa shape index (κ1) is 25.6. The van der Waals surface area contributed by atoms with Crippen LogP contribution in [0.3, 0.4) is 0 Å². The minimum Gasteiger partial charge on any atom is -0.393 e. The molecule has 5 rings (SSSR count). The van der Waals surface area contributed by atoms with E-state index >= 15 is 0 Å². The highest BCUT2D eigenvalue weighted by Crippen LogP contribution is 2.65. The Morgan fingerprint density at radius 1 is 1.18 bits per heavy atom. The maximum atomic E-state index is 13.2. The van der Waals surface area contributed by atoms with E-state index in [1.807, 2.05) is 26.2 Å². The molecule has 188 valence electrons. The molecule has 0 radical (unpaired) electrons. The van der Waals surface area contributed by atoms with Crippen molar-refractivity contribution in [1.29, 1.82) is 0 Å². The van der Waals surface area contributed by atoms with Crippen LogP contribution in [0, 0.1) is 23.2 Å². The van der Waals surface area contributed by atoms with Crippen molar-refractivity contribution in [2.75, 3.05) is 19.4 Å². The maximum absolute atomic E-state index is 13.2. The van der Waals surface area contributed by atoms with Crippen LogP contribution in [0.4, 0.5) is 5.69 Å². The van der Waals surface area contributed by atoms with E-state index in [1.165, 1.54) is 0 Å². The number of aliphatic hydroxyl groups is 2. The monoisotopic (exact) mass is 489 g/mol. The molecule has 4 N–H and O–H groups in total. The lowest BCUT2D eigenvalue weighted by Gasteiger charge is -2.57. The van der Waals surface area contributed by atoms with Crippen molar-refractivity contribution in [2.45, 2.75) is 81.3 Å². The maximum Gasteiger partial charge on any atom is 0.251 e. The fourth-order valence-corrected chi connectivity index (χ4v) is 7.87. The first-order chi connectivity index (χ1) is 16.2. The Hall–Kier alpha value is -1.47. The molecular weight excluding hydrogens is 450 g/mol. The molecule has 7 atom stereocenters. The fraction of sp³-hybridized carbons (Fsp3) is 0.704. The summed E-state index contributed by atoms with van der Waals surface area (Å²) < 4.78 is 0. The molecule has 4 aliphatic rings. The van der Waals surface area contributed by atoms with Crippen LogP contribution in [0.2, 0.25) is 0 Å². The molecule has 1 amide bonds. The average Bonchev–Trinajstić information content (AvgIpc) is 3.11. The number of fused-ring (bicyclic) bond motifs is 4. The van der Waals surface area contributed by atoms with Gasteiger partial charge in [-0.2, -0.15) is 0 Å². The molecule has 3 saturated carbocycles. The first-order valence-corrected chi connectivity index (χ1v) is 13.1. The normalized spacial score (nSPS) is 40.9. The van der Waals surface area contributed by atoms with Crippen molar-refractivity contribution in [2.24, 2.45) is 23.2 Å². The summed E-state index contributed by atoms with van der Waals surface area (Å²) in [5, 5.41) is 28.2. The zero-order valence-corrected chi connectivity index (χ0v) is 21.4. The Morgan fingerprint density at radius 2 is 1.94 bits per heavy atom. The molecule has 0 bridgehead atoms. The number of hydrogen-bond acceptors (Lipinski definition) is 5. The van der Waals surface area contributed by atoms with Gasteiger partial charge in [0.2, 0.25) is 0 Å². The number of rotatable bonds is 2. The number of aliphatic hydroxyl groups excluding tert-OH is 1. The van der Waals surface area contributed by atoms with Gasteiger partial charge in [-0.25, -0.2) is 0 Å². The number of alkyl halides is 1. The highest BCUT2D eigenvalue weighted by Gasteiger charge is 2.66. The van der Waals surface area contributed by atoms with Crippen molar-refractivity contribution in [3.05, 3.63) is 36.2 Å². The summed E-state index contributed by atoms with van der Waals surface area (Å²) in [6.07, 6.45) is 12.3. The lowest BCUT2D eigenvalue weighted by atomic mass is 9.54. The molecule has 1 aromatic heterocycles.